The van der Waals surface area contributed by atoms with Crippen molar-refractivity contribution in [2.45, 2.75) is 6.10 Å². The molecule has 3 nitrogen and oxygen atoms in total. The molecule has 0 aliphatic heterocycles. The van der Waals surface area contributed by atoms with Gasteiger partial charge in [0.05, 0.1) is 11.7 Å². The number of nitrogens with one attached hydrogen (secondary N) is 1. The van der Waals surface area contributed by atoms with Crippen LogP contribution in [0.2, 0.25) is 0 Å². The molecular weight excluding hydrogens is 281 g/mol. The third kappa shape index (κ3) is 3.52. The zero-order chi connectivity index (χ0) is 15.4. The Bertz CT molecular complexity index is 698. The second-order valence-electron chi connectivity index (χ2n) is 4.38. The smallest absolute Gasteiger partial charge is 0.159 e. The summed E-state index contributed by atoms with van der Waals surface area (Å²) >= 11 is 0. The second kappa shape index (κ2) is 6.29. The second-order valence-corrected chi connectivity index (χ2v) is 4.38. The van der Waals surface area contributed by atoms with Crippen LogP contribution in [0.3, 0.4) is 0 Å². The van der Waals surface area contributed by atoms with Crippen molar-refractivity contribution in [1.29, 1.82) is 5.26 Å². The number of rotatable bonds is 4. The highest BCUT2D eigenvalue weighted by atomic mass is 19.2. The predicted molar refractivity (Wildman–Crippen MR) is 70.9 cm³/mol. The number of halogens is 3. The van der Waals surface area contributed by atoms with Crippen molar-refractivity contribution in [1.82, 2.24) is 0 Å². The van der Waals surface area contributed by atoms with Gasteiger partial charge in [-0.2, -0.15) is 5.26 Å². The molecule has 2 aromatic carbocycles. The maximum absolute atomic E-state index is 13.1. The molecule has 0 fully saturated rings. The summed E-state index contributed by atoms with van der Waals surface area (Å²) in [4.78, 5) is 0. The number of benzene rings is 2. The van der Waals surface area contributed by atoms with E-state index in [1.807, 2.05) is 0 Å². The molecule has 2 N–H and O–H groups in total. The van der Waals surface area contributed by atoms with E-state index in [0.717, 1.165) is 18.2 Å². The molecule has 6 heteroatoms. The zero-order valence-electron chi connectivity index (χ0n) is 10.8. The van der Waals surface area contributed by atoms with Gasteiger partial charge in [0.2, 0.25) is 0 Å². The number of nitrogens with zero attached hydrogens (tertiary/aromatic N) is 1. The first-order chi connectivity index (χ1) is 10.0. The molecule has 0 aromatic heterocycles. The molecule has 1 unspecified atom stereocenters. The quantitative estimate of drug-likeness (QED) is 0.910. The van der Waals surface area contributed by atoms with E-state index >= 15 is 0 Å². The van der Waals surface area contributed by atoms with E-state index in [0.29, 0.717) is 5.69 Å². The van der Waals surface area contributed by atoms with Gasteiger partial charge in [0, 0.05) is 12.2 Å². The van der Waals surface area contributed by atoms with Crippen molar-refractivity contribution < 1.29 is 18.3 Å². The van der Waals surface area contributed by atoms with E-state index in [4.69, 9.17) is 5.26 Å². The minimum Gasteiger partial charge on any atom is -0.387 e. The number of nitriles is 1. The van der Waals surface area contributed by atoms with Crippen LogP contribution in [0.25, 0.3) is 0 Å². The van der Waals surface area contributed by atoms with Gasteiger partial charge in [0.25, 0.3) is 0 Å². The molecule has 0 bridgehead atoms. The molecule has 2 aromatic rings. The third-order valence-electron chi connectivity index (χ3n) is 2.91. The lowest BCUT2D eigenvalue weighted by molar-refractivity contribution is 0.191. The van der Waals surface area contributed by atoms with Crippen molar-refractivity contribution >= 4 is 5.69 Å². The molecule has 0 amide bonds. The first-order valence-electron chi connectivity index (χ1n) is 6.08. The highest BCUT2D eigenvalue weighted by molar-refractivity contribution is 5.50. The predicted octanol–water partition coefficient (Wildman–Crippen LogP) is 3.12. The van der Waals surface area contributed by atoms with Gasteiger partial charge in [-0.15, -0.1) is 0 Å². The molecule has 0 radical (unpaired) electrons. The Labute approximate surface area is 119 Å². The lowest BCUT2D eigenvalue weighted by Crippen LogP contribution is -2.12. The Morgan fingerprint density at radius 1 is 1.05 bits per heavy atom. The fourth-order valence-electron chi connectivity index (χ4n) is 1.77. The van der Waals surface area contributed by atoms with Gasteiger partial charge in [-0.3, -0.25) is 0 Å². The molecule has 0 saturated heterocycles. The summed E-state index contributed by atoms with van der Waals surface area (Å²) in [5.41, 5.74) is 0.529. The van der Waals surface area contributed by atoms with E-state index in [-0.39, 0.29) is 17.7 Å². The van der Waals surface area contributed by atoms with Gasteiger partial charge in [0.1, 0.15) is 11.9 Å². The van der Waals surface area contributed by atoms with Crippen LogP contribution in [0, 0.1) is 28.8 Å². The molecule has 2 rings (SSSR count). The van der Waals surface area contributed by atoms with Crippen molar-refractivity contribution in [2.24, 2.45) is 0 Å². The number of hydrogen-bond acceptors (Lipinski definition) is 3. The molecule has 108 valence electrons. The van der Waals surface area contributed by atoms with Crippen LogP contribution in [0.1, 0.15) is 17.2 Å². The summed E-state index contributed by atoms with van der Waals surface area (Å²) in [6, 6.07) is 8.65. The van der Waals surface area contributed by atoms with Gasteiger partial charge >= 0.3 is 0 Å². The van der Waals surface area contributed by atoms with Crippen LogP contribution in [-0.4, -0.2) is 11.7 Å². The maximum atomic E-state index is 13.1. The number of anilines is 1. The van der Waals surface area contributed by atoms with E-state index < -0.39 is 23.6 Å². The molecule has 0 spiro atoms. The first kappa shape index (κ1) is 14.9. The monoisotopic (exact) mass is 292 g/mol. The van der Waals surface area contributed by atoms with Gasteiger partial charge < -0.3 is 10.4 Å². The summed E-state index contributed by atoms with van der Waals surface area (Å²) in [5.74, 6) is -2.67. The van der Waals surface area contributed by atoms with Gasteiger partial charge in [-0.25, -0.2) is 13.2 Å². The molecule has 0 saturated carbocycles. The van der Waals surface area contributed by atoms with E-state index in [2.05, 4.69) is 5.32 Å². The molecule has 1 atom stereocenters. The van der Waals surface area contributed by atoms with Crippen molar-refractivity contribution in [3.05, 3.63) is 65.0 Å². The molecular formula is C15H11F3N2O. The van der Waals surface area contributed by atoms with Crippen LogP contribution in [0.5, 0.6) is 0 Å². The summed E-state index contributed by atoms with van der Waals surface area (Å²) in [7, 11) is 0. The molecule has 0 aliphatic carbocycles. The summed E-state index contributed by atoms with van der Waals surface area (Å²) < 4.78 is 39.0. The average molecular weight is 292 g/mol. The van der Waals surface area contributed by atoms with E-state index in [1.54, 1.807) is 6.07 Å². The topological polar surface area (TPSA) is 56.0 Å². The van der Waals surface area contributed by atoms with Crippen LogP contribution in [0.4, 0.5) is 18.9 Å². The van der Waals surface area contributed by atoms with Gasteiger partial charge in [-0.05, 0) is 35.9 Å². The van der Waals surface area contributed by atoms with Crippen LogP contribution < -0.4 is 5.32 Å². The van der Waals surface area contributed by atoms with Crippen molar-refractivity contribution in [3.8, 4) is 6.07 Å². The average Bonchev–Trinajstić information content (AvgIpc) is 2.48. The molecule has 0 heterocycles. The largest absolute Gasteiger partial charge is 0.387 e. The summed E-state index contributed by atoms with van der Waals surface area (Å²) in [5, 5.41) is 21.4. The summed E-state index contributed by atoms with van der Waals surface area (Å²) in [6.45, 7) is 0.00156. The van der Waals surface area contributed by atoms with E-state index in [1.165, 1.54) is 18.2 Å². The van der Waals surface area contributed by atoms with Crippen molar-refractivity contribution in [3.63, 3.8) is 0 Å². The van der Waals surface area contributed by atoms with Gasteiger partial charge in [-0.1, -0.05) is 6.07 Å². The molecule has 0 aliphatic rings. The van der Waals surface area contributed by atoms with Crippen molar-refractivity contribution in [2.75, 3.05) is 11.9 Å². The normalized spacial score (nSPS) is 11.8. The highest BCUT2D eigenvalue weighted by Gasteiger charge is 2.11. The lowest BCUT2D eigenvalue weighted by Gasteiger charge is -2.13. The Balaban J connectivity index is 2.05. The zero-order valence-corrected chi connectivity index (χ0v) is 10.8. The lowest BCUT2D eigenvalue weighted by atomic mass is 10.1. The maximum Gasteiger partial charge on any atom is 0.159 e. The van der Waals surface area contributed by atoms with Crippen LogP contribution in [-0.2, 0) is 0 Å². The van der Waals surface area contributed by atoms with Gasteiger partial charge in [0.15, 0.2) is 11.6 Å². The highest BCUT2D eigenvalue weighted by Crippen LogP contribution is 2.18. The number of hydrogen-bond donors (Lipinski definition) is 2. The van der Waals surface area contributed by atoms with Crippen LogP contribution in [0.15, 0.2) is 36.4 Å². The summed E-state index contributed by atoms with van der Waals surface area (Å²) in [6.07, 6.45) is -1.07. The Kier molecular flexibility index (Phi) is 4.45. The van der Waals surface area contributed by atoms with E-state index in [9.17, 15) is 18.3 Å². The molecule has 21 heavy (non-hydrogen) atoms. The standard InChI is InChI=1S/C15H11F3N2O/c16-12-4-2-11(5-10(12)7-19)20-8-15(21)9-1-3-13(17)14(18)6-9/h1-6,15,20-21H,8H2. The SMILES string of the molecule is N#Cc1cc(NCC(O)c2ccc(F)c(F)c2)ccc1F. The van der Waals surface area contributed by atoms with Crippen LogP contribution >= 0.6 is 0 Å². The number of aliphatic hydroxyl groups is 1. The minimum atomic E-state index is -1.07. The fraction of sp³-hybridized carbons (Fsp3) is 0.133. The third-order valence-corrected chi connectivity index (χ3v) is 2.91. The Hall–Kier alpha value is -2.52. The minimum absolute atomic E-state index is 0.00156. The first-order valence-corrected chi connectivity index (χ1v) is 6.08. The Morgan fingerprint density at radius 2 is 1.76 bits per heavy atom. The Morgan fingerprint density at radius 3 is 2.43 bits per heavy atom. The fourth-order valence-corrected chi connectivity index (χ4v) is 1.77. The number of aliphatic hydroxyl groups excluding tert-OH is 1.